The predicted octanol–water partition coefficient (Wildman–Crippen LogP) is 3.99. The van der Waals surface area contributed by atoms with Crippen LogP contribution in [0.3, 0.4) is 0 Å². The number of thiophene rings is 1. The number of nitrogens with zero attached hydrogens (tertiary/aromatic N) is 3. The summed E-state index contributed by atoms with van der Waals surface area (Å²) in [4.78, 5) is 7.72. The molecule has 21 heavy (non-hydrogen) atoms. The van der Waals surface area contributed by atoms with Crippen LogP contribution in [0.1, 0.15) is 24.4 Å². The first-order valence-corrected chi connectivity index (χ1v) is 7.72. The Morgan fingerprint density at radius 1 is 1.29 bits per heavy atom. The summed E-state index contributed by atoms with van der Waals surface area (Å²) < 4.78 is 5.41. The second-order valence-corrected chi connectivity index (χ2v) is 5.95. The summed E-state index contributed by atoms with van der Waals surface area (Å²) in [6.45, 7) is 2.87. The zero-order valence-corrected chi connectivity index (χ0v) is 12.9. The first-order valence-electron chi connectivity index (χ1n) is 6.84. The van der Waals surface area contributed by atoms with Crippen LogP contribution in [0.4, 0.5) is 0 Å². The molecule has 0 aliphatic carbocycles. The van der Waals surface area contributed by atoms with E-state index in [1.807, 2.05) is 48.0 Å². The maximum absolute atomic E-state index is 5.41. The highest BCUT2D eigenvalue weighted by Crippen LogP contribution is 2.26. The van der Waals surface area contributed by atoms with Gasteiger partial charge in [0.15, 0.2) is 5.76 Å². The van der Waals surface area contributed by atoms with E-state index in [0.717, 1.165) is 28.6 Å². The maximum atomic E-state index is 5.41. The van der Waals surface area contributed by atoms with Crippen molar-refractivity contribution in [1.82, 2.24) is 15.0 Å². The van der Waals surface area contributed by atoms with Gasteiger partial charge >= 0.3 is 0 Å². The van der Waals surface area contributed by atoms with Crippen molar-refractivity contribution < 1.29 is 4.52 Å². The number of pyridine rings is 1. The van der Waals surface area contributed by atoms with Gasteiger partial charge in [-0.05, 0) is 37.6 Å². The Balaban J connectivity index is 1.69. The lowest BCUT2D eigenvalue weighted by molar-refractivity contribution is 0.241. The summed E-state index contributed by atoms with van der Waals surface area (Å²) >= 11 is 1.65. The smallest absolute Gasteiger partial charge is 0.177 e. The molecule has 3 aromatic rings. The van der Waals surface area contributed by atoms with Crippen LogP contribution in [0, 0.1) is 0 Å². The van der Waals surface area contributed by atoms with E-state index >= 15 is 0 Å². The van der Waals surface area contributed by atoms with Crippen LogP contribution < -0.4 is 0 Å². The van der Waals surface area contributed by atoms with Gasteiger partial charge in [-0.15, -0.1) is 11.3 Å². The van der Waals surface area contributed by atoms with Gasteiger partial charge in [-0.1, -0.05) is 17.3 Å². The van der Waals surface area contributed by atoms with Crippen molar-refractivity contribution >= 4 is 11.3 Å². The van der Waals surface area contributed by atoms with E-state index in [0.29, 0.717) is 0 Å². The highest BCUT2D eigenvalue weighted by Gasteiger charge is 2.15. The average Bonchev–Trinajstić information content (AvgIpc) is 3.18. The zero-order chi connectivity index (χ0) is 14.7. The van der Waals surface area contributed by atoms with Gasteiger partial charge in [0.25, 0.3) is 0 Å². The molecule has 0 saturated heterocycles. The maximum Gasteiger partial charge on any atom is 0.177 e. The van der Waals surface area contributed by atoms with E-state index in [-0.39, 0.29) is 6.04 Å². The Morgan fingerprint density at radius 2 is 2.19 bits per heavy atom. The van der Waals surface area contributed by atoms with E-state index in [2.05, 4.69) is 29.0 Å². The molecule has 3 rings (SSSR count). The Hall–Kier alpha value is -1.98. The molecule has 0 aliphatic rings. The van der Waals surface area contributed by atoms with Crippen LogP contribution in [0.25, 0.3) is 10.6 Å². The minimum Gasteiger partial charge on any atom is -0.355 e. The molecular formula is C16H17N3OS. The SMILES string of the molecule is C[C@H](c1ccccn1)N(C)Cc1cc(-c2cccs2)on1. The summed E-state index contributed by atoms with van der Waals surface area (Å²) in [5.74, 6) is 0.832. The fourth-order valence-electron chi connectivity index (χ4n) is 2.16. The Kier molecular flexibility index (Phi) is 4.13. The van der Waals surface area contributed by atoms with Crippen molar-refractivity contribution in [2.75, 3.05) is 7.05 Å². The van der Waals surface area contributed by atoms with Crippen LogP contribution in [0.15, 0.2) is 52.5 Å². The van der Waals surface area contributed by atoms with E-state index in [1.54, 1.807) is 11.3 Å². The van der Waals surface area contributed by atoms with Crippen molar-refractivity contribution in [2.45, 2.75) is 19.5 Å². The molecule has 0 N–H and O–H groups in total. The van der Waals surface area contributed by atoms with Crippen LogP contribution in [0.2, 0.25) is 0 Å². The molecule has 5 heteroatoms. The molecule has 3 aromatic heterocycles. The second-order valence-electron chi connectivity index (χ2n) is 5.01. The number of hydrogen-bond donors (Lipinski definition) is 0. The number of aromatic nitrogens is 2. The number of rotatable bonds is 5. The molecule has 0 radical (unpaired) electrons. The molecule has 0 spiro atoms. The summed E-state index contributed by atoms with van der Waals surface area (Å²) in [5, 5.41) is 6.19. The molecule has 0 aliphatic heterocycles. The molecule has 1 atom stereocenters. The minimum atomic E-state index is 0.230. The molecule has 108 valence electrons. The zero-order valence-electron chi connectivity index (χ0n) is 12.1. The highest BCUT2D eigenvalue weighted by atomic mass is 32.1. The average molecular weight is 299 g/mol. The molecule has 4 nitrogen and oxygen atoms in total. The van der Waals surface area contributed by atoms with Crippen molar-refractivity contribution in [3.05, 3.63) is 59.4 Å². The second kappa shape index (κ2) is 6.20. The van der Waals surface area contributed by atoms with Crippen LogP contribution >= 0.6 is 11.3 Å². The van der Waals surface area contributed by atoms with Crippen LogP contribution in [-0.4, -0.2) is 22.1 Å². The third-order valence-corrected chi connectivity index (χ3v) is 4.40. The van der Waals surface area contributed by atoms with Crippen molar-refractivity contribution in [3.63, 3.8) is 0 Å². The van der Waals surface area contributed by atoms with E-state index in [4.69, 9.17) is 4.52 Å². The van der Waals surface area contributed by atoms with Gasteiger partial charge in [-0.3, -0.25) is 9.88 Å². The molecule has 0 saturated carbocycles. The largest absolute Gasteiger partial charge is 0.355 e. The standard InChI is InChI=1S/C16H17N3OS/c1-12(14-6-3-4-8-17-14)19(2)11-13-10-15(20-18-13)16-7-5-9-21-16/h3-10,12H,11H2,1-2H3/t12-/m1/s1. The summed E-state index contributed by atoms with van der Waals surface area (Å²) in [6.07, 6.45) is 1.82. The Morgan fingerprint density at radius 3 is 2.90 bits per heavy atom. The van der Waals surface area contributed by atoms with E-state index in [1.165, 1.54) is 0 Å². The topological polar surface area (TPSA) is 42.2 Å². The summed E-state index contributed by atoms with van der Waals surface area (Å²) in [7, 11) is 2.07. The number of hydrogen-bond acceptors (Lipinski definition) is 5. The summed E-state index contributed by atoms with van der Waals surface area (Å²) in [6, 6.07) is 12.3. The minimum absolute atomic E-state index is 0.230. The van der Waals surface area contributed by atoms with Gasteiger partial charge in [-0.2, -0.15) is 0 Å². The Labute approximate surface area is 128 Å². The van der Waals surface area contributed by atoms with Gasteiger partial charge < -0.3 is 4.52 Å². The van der Waals surface area contributed by atoms with E-state index < -0.39 is 0 Å². The van der Waals surface area contributed by atoms with E-state index in [9.17, 15) is 0 Å². The lowest BCUT2D eigenvalue weighted by Gasteiger charge is -2.22. The molecule has 0 fully saturated rings. The predicted molar refractivity (Wildman–Crippen MR) is 83.9 cm³/mol. The fraction of sp³-hybridized carbons (Fsp3) is 0.250. The monoisotopic (exact) mass is 299 g/mol. The molecule has 0 bridgehead atoms. The molecule has 0 unspecified atom stereocenters. The van der Waals surface area contributed by atoms with Crippen molar-refractivity contribution in [1.29, 1.82) is 0 Å². The first kappa shape index (κ1) is 14.0. The quantitative estimate of drug-likeness (QED) is 0.714. The normalized spacial score (nSPS) is 12.7. The van der Waals surface area contributed by atoms with Gasteiger partial charge in [0, 0.05) is 24.8 Å². The van der Waals surface area contributed by atoms with Gasteiger partial charge in [0.05, 0.1) is 16.3 Å². The molecule has 0 amide bonds. The third-order valence-electron chi connectivity index (χ3n) is 3.51. The third kappa shape index (κ3) is 3.20. The van der Waals surface area contributed by atoms with Gasteiger partial charge in [-0.25, -0.2) is 0 Å². The Bertz CT molecular complexity index is 679. The summed E-state index contributed by atoms with van der Waals surface area (Å²) in [5.41, 5.74) is 1.99. The fourth-order valence-corrected chi connectivity index (χ4v) is 2.84. The lowest BCUT2D eigenvalue weighted by atomic mass is 10.2. The van der Waals surface area contributed by atoms with Gasteiger partial charge in [0.1, 0.15) is 0 Å². The van der Waals surface area contributed by atoms with Crippen LogP contribution in [0.5, 0.6) is 0 Å². The van der Waals surface area contributed by atoms with Crippen molar-refractivity contribution in [3.8, 4) is 10.6 Å². The molecule has 3 heterocycles. The van der Waals surface area contributed by atoms with Crippen molar-refractivity contribution in [2.24, 2.45) is 0 Å². The molecular weight excluding hydrogens is 282 g/mol. The first-order chi connectivity index (χ1) is 10.2. The highest BCUT2D eigenvalue weighted by molar-refractivity contribution is 7.13. The van der Waals surface area contributed by atoms with Gasteiger partial charge in [0.2, 0.25) is 0 Å². The van der Waals surface area contributed by atoms with Crippen LogP contribution in [-0.2, 0) is 6.54 Å². The molecule has 0 aromatic carbocycles. The lowest BCUT2D eigenvalue weighted by Crippen LogP contribution is -2.22.